The molecule has 0 N–H and O–H groups in total. The van der Waals surface area contributed by atoms with Crippen molar-refractivity contribution in [3.05, 3.63) is 58.7 Å². The molecule has 0 aliphatic heterocycles. The Kier molecular flexibility index (Phi) is 2.66. The summed E-state index contributed by atoms with van der Waals surface area (Å²) in [5, 5.41) is 0. The molecule has 2 unspecified atom stereocenters. The quantitative estimate of drug-likeness (QED) is 0.640. The summed E-state index contributed by atoms with van der Waals surface area (Å²) in [6.07, 6.45) is 6.33. The molecule has 1 aromatic rings. The van der Waals surface area contributed by atoms with Crippen LogP contribution in [-0.2, 0) is 0 Å². The third-order valence-corrected chi connectivity index (χ3v) is 4.27. The molecule has 2 aliphatic rings. The maximum atomic E-state index is 2.45. The Morgan fingerprint density at radius 1 is 1.12 bits per heavy atom. The molecule has 1 aromatic carbocycles. The third-order valence-electron chi connectivity index (χ3n) is 4.27. The van der Waals surface area contributed by atoms with Crippen molar-refractivity contribution >= 4 is 0 Å². The first-order valence-electron chi connectivity index (χ1n) is 6.69. The molecule has 2 aliphatic carbocycles. The zero-order chi connectivity index (χ0) is 11.8. The Labute approximate surface area is 104 Å². The topological polar surface area (TPSA) is 0 Å². The van der Waals surface area contributed by atoms with Crippen LogP contribution in [0, 0.1) is 5.92 Å². The van der Waals surface area contributed by atoms with Gasteiger partial charge in [-0.1, -0.05) is 54.5 Å². The minimum Gasteiger partial charge on any atom is -0.0690 e. The normalized spacial score (nSPS) is 28.0. The summed E-state index contributed by atoms with van der Waals surface area (Å²) in [5.74, 6) is 1.41. The van der Waals surface area contributed by atoms with E-state index in [1.54, 1.807) is 16.7 Å². The lowest BCUT2D eigenvalue weighted by Crippen LogP contribution is -2.17. The van der Waals surface area contributed by atoms with E-state index >= 15 is 0 Å². The zero-order valence-corrected chi connectivity index (χ0v) is 10.7. The van der Waals surface area contributed by atoms with Gasteiger partial charge >= 0.3 is 0 Å². The highest BCUT2D eigenvalue weighted by molar-refractivity contribution is 5.47. The summed E-state index contributed by atoms with van der Waals surface area (Å²) in [5.41, 5.74) is 6.38. The van der Waals surface area contributed by atoms with Crippen molar-refractivity contribution in [2.75, 3.05) is 0 Å². The molecule has 0 heterocycles. The Balaban J connectivity index is 2.04. The monoisotopic (exact) mass is 224 g/mol. The Bertz CT molecular complexity index is 476. The van der Waals surface area contributed by atoms with Crippen LogP contribution in [0.15, 0.2) is 53.1 Å². The number of benzene rings is 1. The average molecular weight is 224 g/mol. The van der Waals surface area contributed by atoms with Crippen LogP contribution >= 0.6 is 0 Å². The molecule has 0 aromatic heterocycles. The molecule has 3 rings (SSSR count). The molecule has 0 fully saturated rings. The SMILES string of the molecule is CC1=CC2=C(CCC(C)C2c2ccccc2)C1. The molecule has 17 heavy (non-hydrogen) atoms. The largest absolute Gasteiger partial charge is 0.0690 e. The van der Waals surface area contributed by atoms with Crippen molar-refractivity contribution in [2.45, 2.75) is 39.0 Å². The second kappa shape index (κ2) is 4.18. The molecule has 0 radical (unpaired) electrons. The maximum Gasteiger partial charge on any atom is 0.0115 e. The first kappa shape index (κ1) is 10.8. The lowest BCUT2D eigenvalue weighted by atomic mass is 9.73. The molecule has 0 spiro atoms. The fourth-order valence-corrected chi connectivity index (χ4v) is 3.44. The highest BCUT2D eigenvalue weighted by Crippen LogP contribution is 2.46. The fourth-order valence-electron chi connectivity index (χ4n) is 3.44. The summed E-state index contributed by atoms with van der Waals surface area (Å²) in [6.45, 7) is 4.67. The summed E-state index contributed by atoms with van der Waals surface area (Å²) in [6, 6.07) is 11.0. The van der Waals surface area contributed by atoms with Crippen molar-refractivity contribution in [1.82, 2.24) is 0 Å². The molecule has 0 nitrogen and oxygen atoms in total. The Morgan fingerprint density at radius 3 is 2.65 bits per heavy atom. The number of allylic oxidation sites excluding steroid dienone is 4. The van der Waals surface area contributed by atoms with Gasteiger partial charge in [-0.15, -0.1) is 0 Å². The molecule has 2 atom stereocenters. The van der Waals surface area contributed by atoms with Crippen LogP contribution in [0.25, 0.3) is 0 Å². The molecule has 0 bridgehead atoms. The van der Waals surface area contributed by atoms with Crippen LogP contribution in [0.4, 0.5) is 0 Å². The minimum absolute atomic E-state index is 0.636. The van der Waals surface area contributed by atoms with E-state index in [-0.39, 0.29) is 0 Å². The van der Waals surface area contributed by atoms with E-state index in [2.05, 4.69) is 50.3 Å². The zero-order valence-electron chi connectivity index (χ0n) is 10.7. The van der Waals surface area contributed by atoms with Gasteiger partial charge in [0.25, 0.3) is 0 Å². The molecule has 0 amide bonds. The Hall–Kier alpha value is -1.30. The smallest absolute Gasteiger partial charge is 0.0115 e. The van der Waals surface area contributed by atoms with Gasteiger partial charge in [0, 0.05) is 5.92 Å². The first-order valence-corrected chi connectivity index (χ1v) is 6.69. The van der Waals surface area contributed by atoms with Crippen LogP contribution in [-0.4, -0.2) is 0 Å². The number of rotatable bonds is 1. The molecular weight excluding hydrogens is 204 g/mol. The lowest BCUT2D eigenvalue weighted by Gasteiger charge is -2.31. The predicted octanol–water partition coefficient (Wildman–Crippen LogP) is 4.85. The second-order valence-corrected chi connectivity index (χ2v) is 5.63. The fraction of sp³-hybridized carbons (Fsp3) is 0.412. The molecule has 0 saturated carbocycles. The van der Waals surface area contributed by atoms with E-state index in [4.69, 9.17) is 0 Å². The van der Waals surface area contributed by atoms with Crippen LogP contribution in [0.5, 0.6) is 0 Å². The van der Waals surface area contributed by atoms with Gasteiger partial charge < -0.3 is 0 Å². The number of hydrogen-bond acceptors (Lipinski definition) is 0. The van der Waals surface area contributed by atoms with E-state index in [9.17, 15) is 0 Å². The highest BCUT2D eigenvalue weighted by atomic mass is 14.3. The molecule has 0 saturated heterocycles. The van der Waals surface area contributed by atoms with Crippen molar-refractivity contribution in [3.8, 4) is 0 Å². The van der Waals surface area contributed by atoms with Crippen LogP contribution in [0.3, 0.4) is 0 Å². The minimum atomic E-state index is 0.636. The van der Waals surface area contributed by atoms with Gasteiger partial charge in [0.05, 0.1) is 0 Å². The summed E-state index contributed by atoms with van der Waals surface area (Å²) < 4.78 is 0. The molecule has 88 valence electrons. The van der Waals surface area contributed by atoms with E-state index < -0.39 is 0 Å². The van der Waals surface area contributed by atoms with Crippen molar-refractivity contribution < 1.29 is 0 Å². The second-order valence-electron chi connectivity index (χ2n) is 5.63. The van der Waals surface area contributed by atoms with Gasteiger partial charge in [-0.3, -0.25) is 0 Å². The highest BCUT2D eigenvalue weighted by Gasteiger charge is 2.31. The summed E-state index contributed by atoms with van der Waals surface area (Å²) in [4.78, 5) is 0. The van der Waals surface area contributed by atoms with Crippen LogP contribution in [0.2, 0.25) is 0 Å². The Morgan fingerprint density at radius 2 is 1.88 bits per heavy atom. The van der Waals surface area contributed by atoms with Gasteiger partial charge in [0.2, 0.25) is 0 Å². The van der Waals surface area contributed by atoms with Gasteiger partial charge in [-0.25, -0.2) is 0 Å². The summed E-state index contributed by atoms with van der Waals surface area (Å²) >= 11 is 0. The van der Waals surface area contributed by atoms with Crippen molar-refractivity contribution in [3.63, 3.8) is 0 Å². The average Bonchev–Trinajstić information content (AvgIpc) is 2.70. The van der Waals surface area contributed by atoms with Gasteiger partial charge in [-0.2, -0.15) is 0 Å². The predicted molar refractivity (Wildman–Crippen MR) is 73.0 cm³/mol. The lowest BCUT2D eigenvalue weighted by molar-refractivity contribution is 0.445. The van der Waals surface area contributed by atoms with Crippen molar-refractivity contribution in [1.29, 1.82) is 0 Å². The summed E-state index contributed by atoms with van der Waals surface area (Å²) in [7, 11) is 0. The van der Waals surface area contributed by atoms with Crippen molar-refractivity contribution in [2.24, 2.45) is 5.92 Å². The van der Waals surface area contributed by atoms with Gasteiger partial charge in [0.15, 0.2) is 0 Å². The first-order chi connectivity index (χ1) is 8.25. The standard InChI is InChI=1S/C17H20/c1-12-10-15-9-8-13(2)17(16(15)11-12)14-6-4-3-5-7-14/h3-7,11,13,17H,8-10H2,1-2H3. The van der Waals surface area contributed by atoms with Gasteiger partial charge in [-0.05, 0) is 43.2 Å². The molecule has 0 heteroatoms. The van der Waals surface area contributed by atoms with Crippen LogP contribution < -0.4 is 0 Å². The van der Waals surface area contributed by atoms with E-state index in [0.29, 0.717) is 5.92 Å². The maximum absolute atomic E-state index is 2.45. The third kappa shape index (κ3) is 1.86. The van der Waals surface area contributed by atoms with E-state index in [1.807, 2.05) is 0 Å². The van der Waals surface area contributed by atoms with E-state index in [0.717, 1.165) is 5.92 Å². The van der Waals surface area contributed by atoms with Crippen LogP contribution in [0.1, 0.15) is 44.6 Å². The number of hydrogen-bond donors (Lipinski definition) is 0. The van der Waals surface area contributed by atoms with Gasteiger partial charge in [0.1, 0.15) is 0 Å². The van der Waals surface area contributed by atoms with E-state index in [1.165, 1.54) is 24.8 Å². The molecular formula is C17H20.